The van der Waals surface area contributed by atoms with Crippen molar-refractivity contribution in [2.45, 2.75) is 53.8 Å². The van der Waals surface area contributed by atoms with Gasteiger partial charge in [-0.05, 0) is 30.5 Å². The highest BCUT2D eigenvalue weighted by atomic mass is 32.2. The Labute approximate surface area is 191 Å². The number of rotatable bonds is 9. The summed E-state index contributed by atoms with van der Waals surface area (Å²) in [5, 5.41) is 4.00. The third-order valence-electron chi connectivity index (χ3n) is 5.37. The monoisotopic (exact) mass is 470 g/mol. The van der Waals surface area contributed by atoms with E-state index in [1.54, 1.807) is 26.0 Å². The maximum absolute atomic E-state index is 12.3. The number of hydrogen-bond donors (Lipinski definition) is 3. The van der Waals surface area contributed by atoms with Crippen LogP contribution >= 0.6 is 35.3 Å². The maximum Gasteiger partial charge on any atom is 0.224 e. The smallest absolute Gasteiger partial charge is 0.224 e. The van der Waals surface area contributed by atoms with Crippen LogP contribution in [0.3, 0.4) is 0 Å². The van der Waals surface area contributed by atoms with Crippen LogP contribution in [0, 0.1) is 0 Å². The summed E-state index contributed by atoms with van der Waals surface area (Å²) >= 11 is 5.62. The van der Waals surface area contributed by atoms with Gasteiger partial charge in [-0.1, -0.05) is 24.8 Å². The molecular weight excluding hydrogens is 440 g/mol. The quantitative estimate of drug-likeness (QED) is 0.505. The summed E-state index contributed by atoms with van der Waals surface area (Å²) in [7, 11) is 3.33. The third-order valence-corrected chi connectivity index (χ3v) is 9.43. The Kier molecular flexibility index (Phi) is 7.64. The first-order valence-electron chi connectivity index (χ1n) is 10.3. The third kappa shape index (κ3) is 5.16. The molecule has 1 aliphatic carbocycles. The molecule has 2 saturated heterocycles. The summed E-state index contributed by atoms with van der Waals surface area (Å²) < 4.78 is 11.0. The van der Waals surface area contributed by atoms with E-state index in [4.69, 9.17) is 9.47 Å². The molecule has 0 aromatic heterocycles. The predicted octanol–water partition coefficient (Wildman–Crippen LogP) is 2.95. The second kappa shape index (κ2) is 10.2. The predicted molar refractivity (Wildman–Crippen MR) is 126 cm³/mol. The van der Waals surface area contributed by atoms with Crippen LogP contribution in [0.1, 0.15) is 37.1 Å². The number of carbonyl (C=O) groups excluding carboxylic acids is 1. The fourth-order valence-electron chi connectivity index (χ4n) is 3.63. The number of hydrazine groups is 1. The highest BCUT2D eigenvalue weighted by Crippen LogP contribution is 2.40. The Balaban J connectivity index is 1.25. The number of ether oxygens (including phenoxy) is 2. The van der Waals surface area contributed by atoms with Gasteiger partial charge in [-0.3, -0.25) is 10.1 Å². The average Bonchev–Trinajstić information content (AvgIpc) is 3.30. The first kappa shape index (κ1) is 22.4. The zero-order valence-electron chi connectivity index (χ0n) is 17.6. The minimum Gasteiger partial charge on any atom is -0.493 e. The molecule has 4 atom stereocenters. The van der Waals surface area contributed by atoms with Gasteiger partial charge < -0.3 is 14.4 Å². The summed E-state index contributed by atoms with van der Waals surface area (Å²) in [6.45, 7) is 1.94. The fourth-order valence-corrected chi connectivity index (χ4v) is 7.61. The van der Waals surface area contributed by atoms with E-state index in [2.05, 4.69) is 28.3 Å². The summed E-state index contributed by atoms with van der Waals surface area (Å²) in [6, 6.07) is 6.98. The zero-order chi connectivity index (χ0) is 21.1. The van der Waals surface area contributed by atoms with Crippen molar-refractivity contribution in [2.24, 2.45) is 0 Å². The van der Waals surface area contributed by atoms with Crippen molar-refractivity contribution < 1.29 is 14.3 Å². The molecule has 7 nitrogen and oxygen atoms in total. The van der Waals surface area contributed by atoms with Gasteiger partial charge in [0.05, 0.1) is 19.6 Å². The van der Waals surface area contributed by atoms with E-state index in [0.29, 0.717) is 18.5 Å². The largest absolute Gasteiger partial charge is 0.493 e. The first-order valence-corrected chi connectivity index (χ1v) is 13.4. The number of benzene rings is 1. The van der Waals surface area contributed by atoms with Crippen molar-refractivity contribution in [3.8, 4) is 11.5 Å². The van der Waals surface area contributed by atoms with Crippen LogP contribution < -0.4 is 25.6 Å². The molecule has 166 valence electrons. The molecule has 30 heavy (non-hydrogen) atoms. The molecule has 10 heteroatoms. The highest BCUT2D eigenvalue weighted by Gasteiger charge is 2.40. The Morgan fingerprint density at radius 1 is 1.23 bits per heavy atom. The topological polar surface area (TPSA) is 74.9 Å². The van der Waals surface area contributed by atoms with Gasteiger partial charge in [-0.2, -0.15) is 0 Å². The van der Waals surface area contributed by atoms with E-state index in [0.717, 1.165) is 35.8 Å². The SMILES string of the molecule is CCC(=O)N(C1CC1)C1NNC(SCC2CSC(c3ccc(OC)c(OC)c3)N2)S1. The number of methoxy groups -OCH3 is 2. The van der Waals surface area contributed by atoms with Crippen LogP contribution in [-0.2, 0) is 4.79 Å². The van der Waals surface area contributed by atoms with Crippen molar-refractivity contribution in [3.63, 3.8) is 0 Å². The van der Waals surface area contributed by atoms with Gasteiger partial charge in [-0.25, -0.2) is 10.9 Å². The first-order chi connectivity index (χ1) is 14.6. The molecule has 1 aromatic carbocycles. The van der Waals surface area contributed by atoms with Crippen LogP contribution in [0.5, 0.6) is 11.5 Å². The van der Waals surface area contributed by atoms with Gasteiger partial charge >= 0.3 is 0 Å². The Hall–Kier alpha value is -0.780. The van der Waals surface area contributed by atoms with Crippen LogP contribution in [0.2, 0.25) is 0 Å². The zero-order valence-corrected chi connectivity index (χ0v) is 20.0. The van der Waals surface area contributed by atoms with E-state index in [9.17, 15) is 4.79 Å². The Morgan fingerprint density at radius 2 is 2.03 bits per heavy atom. The van der Waals surface area contributed by atoms with E-state index in [-0.39, 0.29) is 21.5 Å². The Bertz CT molecular complexity index is 752. The van der Waals surface area contributed by atoms with Gasteiger partial charge in [0.15, 0.2) is 11.5 Å². The van der Waals surface area contributed by atoms with E-state index in [1.165, 1.54) is 5.56 Å². The molecule has 3 fully saturated rings. The van der Waals surface area contributed by atoms with Gasteiger partial charge in [0.25, 0.3) is 0 Å². The molecule has 0 radical (unpaired) electrons. The lowest BCUT2D eigenvalue weighted by molar-refractivity contribution is -0.132. The van der Waals surface area contributed by atoms with Crippen LogP contribution in [0.4, 0.5) is 0 Å². The van der Waals surface area contributed by atoms with Crippen molar-refractivity contribution >= 4 is 41.2 Å². The number of amides is 1. The van der Waals surface area contributed by atoms with Crippen LogP contribution in [0.15, 0.2) is 18.2 Å². The average molecular weight is 471 g/mol. The summed E-state index contributed by atoms with van der Waals surface area (Å²) in [5.74, 6) is 3.84. The minimum atomic E-state index is 0.0351. The van der Waals surface area contributed by atoms with Gasteiger partial charge in [0, 0.05) is 30.0 Å². The lowest BCUT2D eigenvalue weighted by atomic mass is 10.2. The number of carbonyl (C=O) groups is 1. The molecule has 3 N–H and O–H groups in total. The molecule has 0 bridgehead atoms. The molecule has 4 rings (SSSR count). The standard InChI is InChI=1S/C20H30N4O3S3/c1-4-17(25)24(14-6-7-14)19-22-23-20(30-19)29-11-13-10-28-18(21-13)12-5-8-15(26-2)16(9-12)27-3/h5,8-9,13-14,18-23H,4,6-7,10-11H2,1-3H3. The van der Waals surface area contributed by atoms with Crippen LogP contribution in [-0.4, -0.2) is 58.8 Å². The maximum atomic E-state index is 12.3. The molecule has 3 aliphatic rings. The van der Waals surface area contributed by atoms with Crippen LogP contribution in [0.25, 0.3) is 0 Å². The molecule has 4 unspecified atom stereocenters. The van der Waals surface area contributed by atoms with E-state index < -0.39 is 0 Å². The molecule has 2 aliphatic heterocycles. The summed E-state index contributed by atoms with van der Waals surface area (Å²) in [4.78, 5) is 14.4. The fraction of sp³-hybridized carbons (Fsp3) is 0.650. The Morgan fingerprint density at radius 3 is 2.73 bits per heavy atom. The second-order valence-electron chi connectivity index (χ2n) is 7.52. The molecule has 1 saturated carbocycles. The highest BCUT2D eigenvalue weighted by molar-refractivity contribution is 8.17. The normalized spacial score (nSPS) is 28.5. The number of nitrogens with one attached hydrogen (secondary N) is 3. The lowest BCUT2D eigenvalue weighted by Crippen LogP contribution is -2.47. The molecule has 1 amide bonds. The molecular formula is C20H30N4O3S3. The van der Waals surface area contributed by atoms with E-state index in [1.807, 2.05) is 41.4 Å². The van der Waals surface area contributed by atoms with Crippen molar-refractivity contribution in [1.82, 2.24) is 21.1 Å². The second-order valence-corrected chi connectivity index (χ2v) is 11.3. The van der Waals surface area contributed by atoms with E-state index >= 15 is 0 Å². The van der Waals surface area contributed by atoms with Crippen molar-refractivity contribution in [3.05, 3.63) is 23.8 Å². The number of hydrogen-bond acceptors (Lipinski definition) is 9. The minimum absolute atomic E-state index is 0.0351. The van der Waals surface area contributed by atoms with Gasteiger partial charge in [-0.15, -0.1) is 23.5 Å². The summed E-state index contributed by atoms with van der Waals surface area (Å²) in [5.41, 5.74) is 7.93. The van der Waals surface area contributed by atoms with Crippen molar-refractivity contribution in [2.75, 3.05) is 25.7 Å². The molecule has 2 heterocycles. The van der Waals surface area contributed by atoms with Crippen molar-refractivity contribution in [1.29, 1.82) is 0 Å². The summed E-state index contributed by atoms with van der Waals surface area (Å²) in [6.07, 6.45) is 2.82. The molecule has 0 spiro atoms. The van der Waals surface area contributed by atoms with Gasteiger partial charge in [0.1, 0.15) is 10.2 Å². The molecule has 1 aromatic rings. The van der Waals surface area contributed by atoms with Gasteiger partial charge in [0.2, 0.25) is 5.91 Å². The lowest BCUT2D eigenvalue weighted by Gasteiger charge is -2.27. The number of nitrogens with zero attached hydrogens (tertiary/aromatic N) is 1. The number of thioether (sulfide) groups is 3.